The van der Waals surface area contributed by atoms with Gasteiger partial charge in [0.25, 0.3) is 0 Å². The average molecular weight is 294 g/mol. The molecular weight excluding hydrogens is 272 g/mol. The minimum absolute atomic E-state index is 0.0652. The minimum Gasteiger partial charge on any atom is -0.396 e. The van der Waals surface area contributed by atoms with Crippen molar-refractivity contribution in [3.05, 3.63) is 71.8 Å². The van der Waals surface area contributed by atoms with E-state index in [2.05, 4.69) is 35.2 Å². The average Bonchev–Trinajstić information content (AvgIpc) is 2.56. The molecule has 0 saturated heterocycles. The fourth-order valence-corrected chi connectivity index (χ4v) is 2.62. The van der Waals surface area contributed by atoms with Gasteiger partial charge in [-0.25, -0.2) is 0 Å². The van der Waals surface area contributed by atoms with E-state index < -0.39 is 0 Å². The number of hydrogen-bond acceptors (Lipinski definition) is 3. The number of aliphatic hydroxyl groups excluding tert-OH is 1. The summed E-state index contributed by atoms with van der Waals surface area (Å²) in [6.45, 7) is 1.66. The first-order valence-corrected chi connectivity index (χ1v) is 7.63. The number of aliphatic hydroxyl groups is 1. The Morgan fingerprint density at radius 2 is 1.41 bits per heavy atom. The van der Waals surface area contributed by atoms with E-state index in [0.29, 0.717) is 12.8 Å². The largest absolute Gasteiger partial charge is 0.396 e. The molecule has 2 rings (SSSR count). The second kappa shape index (κ2) is 8.99. The lowest BCUT2D eigenvalue weighted by Gasteiger charge is -2.30. The van der Waals surface area contributed by atoms with E-state index in [-0.39, 0.29) is 12.6 Å². The molecular formula is C19H22N2O. The van der Waals surface area contributed by atoms with Crippen LogP contribution >= 0.6 is 0 Å². The monoisotopic (exact) mass is 294 g/mol. The summed E-state index contributed by atoms with van der Waals surface area (Å²) in [6, 6.07) is 22.8. The third kappa shape index (κ3) is 5.00. The Kier molecular flexibility index (Phi) is 6.63. The standard InChI is InChI=1S/C19H22N2O/c20-13-11-19(12-14-22)21(15-17-7-3-1-4-8-17)16-18-9-5-2-6-10-18/h1-10,19,22H,11-12,14-16H2/t19-/m1/s1. The molecule has 0 radical (unpaired) electrons. The molecule has 0 fully saturated rings. The molecule has 0 aliphatic carbocycles. The van der Waals surface area contributed by atoms with Gasteiger partial charge in [-0.15, -0.1) is 0 Å². The molecule has 2 aromatic carbocycles. The molecule has 0 bridgehead atoms. The molecule has 0 aliphatic rings. The van der Waals surface area contributed by atoms with E-state index in [0.717, 1.165) is 13.1 Å². The zero-order valence-corrected chi connectivity index (χ0v) is 12.7. The summed E-state index contributed by atoms with van der Waals surface area (Å²) in [5, 5.41) is 18.4. The van der Waals surface area contributed by atoms with Crippen molar-refractivity contribution in [2.75, 3.05) is 6.61 Å². The van der Waals surface area contributed by atoms with Crippen LogP contribution in [0.1, 0.15) is 24.0 Å². The van der Waals surface area contributed by atoms with Crippen LogP contribution in [0.3, 0.4) is 0 Å². The van der Waals surface area contributed by atoms with Crippen molar-refractivity contribution >= 4 is 0 Å². The van der Waals surface area contributed by atoms with Crippen LogP contribution in [0.25, 0.3) is 0 Å². The maximum Gasteiger partial charge on any atom is 0.0638 e. The van der Waals surface area contributed by atoms with Gasteiger partial charge in [0.15, 0.2) is 0 Å². The summed E-state index contributed by atoms with van der Waals surface area (Å²) >= 11 is 0. The van der Waals surface area contributed by atoms with Crippen molar-refractivity contribution < 1.29 is 5.11 Å². The molecule has 0 saturated carbocycles. The highest BCUT2D eigenvalue weighted by atomic mass is 16.3. The van der Waals surface area contributed by atoms with E-state index in [1.165, 1.54) is 11.1 Å². The van der Waals surface area contributed by atoms with E-state index in [9.17, 15) is 5.11 Å². The smallest absolute Gasteiger partial charge is 0.0638 e. The van der Waals surface area contributed by atoms with Crippen LogP contribution in [0.4, 0.5) is 0 Å². The van der Waals surface area contributed by atoms with Crippen molar-refractivity contribution in [3.63, 3.8) is 0 Å². The van der Waals surface area contributed by atoms with Gasteiger partial charge in [-0.1, -0.05) is 60.7 Å². The zero-order chi connectivity index (χ0) is 15.6. The summed E-state index contributed by atoms with van der Waals surface area (Å²) in [7, 11) is 0. The van der Waals surface area contributed by atoms with Crippen LogP contribution in [0.15, 0.2) is 60.7 Å². The molecule has 0 spiro atoms. The van der Waals surface area contributed by atoms with Gasteiger partial charge in [0.1, 0.15) is 0 Å². The lowest BCUT2D eigenvalue weighted by Crippen LogP contribution is -2.35. The van der Waals surface area contributed by atoms with Gasteiger partial charge in [-0.2, -0.15) is 5.26 Å². The van der Waals surface area contributed by atoms with E-state index in [4.69, 9.17) is 5.26 Å². The highest BCUT2D eigenvalue weighted by Crippen LogP contribution is 2.17. The Balaban J connectivity index is 2.17. The van der Waals surface area contributed by atoms with Gasteiger partial charge in [-0.05, 0) is 17.5 Å². The lowest BCUT2D eigenvalue weighted by molar-refractivity contribution is 0.144. The second-order valence-corrected chi connectivity index (χ2v) is 5.40. The Morgan fingerprint density at radius 3 is 1.82 bits per heavy atom. The maximum atomic E-state index is 9.31. The first-order chi connectivity index (χ1) is 10.8. The molecule has 1 N–H and O–H groups in total. The fourth-order valence-electron chi connectivity index (χ4n) is 2.62. The van der Waals surface area contributed by atoms with E-state index >= 15 is 0 Å². The topological polar surface area (TPSA) is 47.3 Å². The van der Waals surface area contributed by atoms with Gasteiger partial charge >= 0.3 is 0 Å². The lowest BCUT2D eigenvalue weighted by atomic mass is 10.1. The highest BCUT2D eigenvalue weighted by molar-refractivity contribution is 5.17. The zero-order valence-electron chi connectivity index (χ0n) is 12.7. The molecule has 0 aromatic heterocycles. The van der Waals surface area contributed by atoms with Crippen molar-refractivity contribution in [3.8, 4) is 6.07 Å². The number of hydrogen-bond donors (Lipinski definition) is 1. The van der Waals surface area contributed by atoms with Crippen LogP contribution in [0.5, 0.6) is 0 Å². The van der Waals surface area contributed by atoms with Crippen molar-refractivity contribution in [2.24, 2.45) is 0 Å². The van der Waals surface area contributed by atoms with Gasteiger partial charge in [0.2, 0.25) is 0 Å². The van der Waals surface area contributed by atoms with Gasteiger partial charge < -0.3 is 5.11 Å². The normalized spacial score (nSPS) is 12.0. The first kappa shape index (κ1) is 16.2. The van der Waals surface area contributed by atoms with Crippen LogP contribution < -0.4 is 0 Å². The summed E-state index contributed by atoms with van der Waals surface area (Å²) < 4.78 is 0. The second-order valence-electron chi connectivity index (χ2n) is 5.40. The summed E-state index contributed by atoms with van der Waals surface area (Å²) in [6.07, 6.45) is 1.05. The Morgan fingerprint density at radius 1 is 0.909 bits per heavy atom. The molecule has 2 aromatic rings. The fraction of sp³-hybridized carbons (Fsp3) is 0.316. The van der Waals surface area contributed by atoms with Crippen molar-refractivity contribution in [1.82, 2.24) is 4.90 Å². The summed E-state index contributed by atoms with van der Waals surface area (Å²) in [4.78, 5) is 2.28. The van der Waals surface area contributed by atoms with Gasteiger partial charge in [0.05, 0.1) is 12.5 Å². The molecule has 0 aliphatic heterocycles. The minimum atomic E-state index is 0.0652. The van der Waals surface area contributed by atoms with E-state index in [1.54, 1.807) is 0 Å². The number of benzene rings is 2. The molecule has 22 heavy (non-hydrogen) atoms. The predicted octanol–water partition coefficient (Wildman–Crippen LogP) is 3.35. The van der Waals surface area contributed by atoms with Crippen LogP contribution in [-0.2, 0) is 13.1 Å². The van der Waals surface area contributed by atoms with Gasteiger partial charge in [0, 0.05) is 25.7 Å². The van der Waals surface area contributed by atoms with Crippen molar-refractivity contribution in [2.45, 2.75) is 32.0 Å². The molecule has 0 unspecified atom stereocenters. The quantitative estimate of drug-likeness (QED) is 0.812. The Bertz CT molecular complexity index is 536. The molecule has 0 amide bonds. The molecule has 114 valence electrons. The van der Waals surface area contributed by atoms with Crippen LogP contribution in [0.2, 0.25) is 0 Å². The SMILES string of the molecule is N#CC[C@H](CCO)N(Cc1ccccc1)Cc1ccccc1. The molecule has 1 atom stereocenters. The third-order valence-corrected chi connectivity index (χ3v) is 3.76. The van der Waals surface area contributed by atoms with Crippen LogP contribution in [0, 0.1) is 11.3 Å². The third-order valence-electron chi connectivity index (χ3n) is 3.76. The highest BCUT2D eigenvalue weighted by Gasteiger charge is 2.18. The molecule has 0 heterocycles. The summed E-state index contributed by atoms with van der Waals surface area (Å²) in [5.41, 5.74) is 2.44. The molecule has 3 nitrogen and oxygen atoms in total. The van der Waals surface area contributed by atoms with Gasteiger partial charge in [-0.3, -0.25) is 4.90 Å². The number of nitriles is 1. The number of nitrogens with zero attached hydrogens (tertiary/aromatic N) is 2. The first-order valence-electron chi connectivity index (χ1n) is 7.63. The summed E-state index contributed by atoms with van der Waals surface area (Å²) in [5.74, 6) is 0. The van der Waals surface area contributed by atoms with E-state index in [1.807, 2.05) is 36.4 Å². The molecule has 3 heteroatoms. The predicted molar refractivity (Wildman–Crippen MR) is 87.9 cm³/mol. The Hall–Kier alpha value is -2.15. The van der Waals surface area contributed by atoms with Crippen molar-refractivity contribution in [1.29, 1.82) is 5.26 Å². The number of rotatable bonds is 8. The maximum absolute atomic E-state index is 9.31. The van der Waals surface area contributed by atoms with Crippen LogP contribution in [-0.4, -0.2) is 22.7 Å². The Labute approximate surface area is 132 Å².